The molecule has 0 aromatic heterocycles. The van der Waals surface area contributed by atoms with E-state index in [4.69, 9.17) is 4.74 Å². The zero-order valence-electron chi connectivity index (χ0n) is 10.8. The highest BCUT2D eigenvalue weighted by Gasteiger charge is 2.36. The summed E-state index contributed by atoms with van der Waals surface area (Å²) in [7, 11) is 2.05. The lowest BCUT2D eigenvalue weighted by molar-refractivity contribution is -0.0925. The third-order valence-electron chi connectivity index (χ3n) is 4.23. The monoisotopic (exact) mass is 225 g/mol. The van der Waals surface area contributed by atoms with Crippen LogP contribution in [-0.2, 0) is 4.74 Å². The Morgan fingerprint density at radius 2 is 1.62 bits per heavy atom. The molecule has 0 atom stereocenters. The van der Waals surface area contributed by atoms with E-state index in [2.05, 4.69) is 12.4 Å². The van der Waals surface area contributed by atoms with Crippen molar-refractivity contribution in [1.82, 2.24) is 5.32 Å². The average Bonchev–Trinajstić information content (AvgIpc) is 2.57. The number of hydrogen-bond donors (Lipinski definition) is 1. The van der Waals surface area contributed by atoms with Gasteiger partial charge in [-0.25, -0.2) is 0 Å². The Hall–Kier alpha value is -0.0800. The number of rotatable bonds is 4. The van der Waals surface area contributed by atoms with Gasteiger partial charge >= 0.3 is 0 Å². The quantitative estimate of drug-likeness (QED) is 0.742. The van der Waals surface area contributed by atoms with E-state index in [9.17, 15) is 0 Å². The summed E-state index contributed by atoms with van der Waals surface area (Å²) in [6, 6.07) is 0. The van der Waals surface area contributed by atoms with Crippen LogP contribution in [0.4, 0.5) is 0 Å². The van der Waals surface area contributed by atoms with E-state index >= 15 is 0 Å². The van der Waals surface area contributed by atoms with Gasteiger partial charge in [0.25, 0.3) is 0 Å². The van der Waals surface area contributed by atoms with Gasteiger partial charge in [-0.15, -0.1) is 0 Å². The van der Waals surface area contributed by atoms with Crippen LogP contribution in [-0.4, -0.2) is 25.3 Å². The molecule has 2 rings (SSSR count). The largest absolute Gasteiger partial charge is 0.370 e. The summed E-state index contributed by atoms with van der Waals surface area (Å²) in [6.07, 6.45) is 14.0. The van der Waals surface area contributed by atoms with Crippen molar-refractivity contribution in [2.45, 2.75) is 75.9 Å². The van der Waals surface area contributed by atoms with Crippen LogP contribution in [0.25, 0.3) is 0 Å². The van der Waals surface area contributed by atoms with Crippen LogP contribution in [0, 0.1) is 0 Å². The Balaban J connectivity index is 1.88. The van der Waals surface area contributed by atoms with Crippen molar-refractivity contribution in [2.75, 3.05) is 13.6 Å². The maximum absolute atomic E-state index is 6.50. The molecule has 16 heavy (non-hydrogen) atoms. The fourth-order valence-corrected chi connectivity index (χ4v) is 3.39. The lowest BCUT2D eigenvalue weighted by atomic mass is 10.0. The standard InChI is InChI=1S/C14H27NO/c1-15-12-14(10-6-7-11-14)16-13-8-4-2-3-5-9-13/h13,15H,2-12H2,1H3. The van der Waals surface area contributed by atoms with Gasteiger partial charge in [0.15, 0.2) is 0 Å². The predicted octanol–water partition coefficient (Wildman–Crippen LogP) is 3.26. The van der Waals surface area contributed by atoms with E-state index in [1.165, 1.54) is 64.2 Å². The van der Waals surface area contributed by atoms with Gasteiger partial charge in [-0.05, 0) is 32.7 Å². The van der Waals surface area contributed by atoms with Crippen molar-refractivity contribution in [2.24, 2.45) is 0 Å². The van der Waals surface area contributed by atoms with Crippen molar-refractivity contribution in [1.29, 1.82) is 0 Å². The van der Waals surface area contributed by atoms with Crippen LogP contribution in [0.1, 0.15) is 64.2 Å². The molecule has 0 saturated heterocycles. The predicted molar refractivity (Wildman–Crippen MR) is 67.7 cm³/mol. The second kappa shape index (κ2) is 6.02. The smallest absolute Gasteiger partial charge is 0.0809 e. The van der Waals surface area contributed by atoms with Crippen LogP contribution in [0.3, 0.4) is 0 Å². The van der Waals surface area contributed by atoms with Gasteiger partial charge in [0.1, 0.15) is 0 Å². The lowest BCUT2D eigenvalue weighted by Gasteiger charge is -2.33. The van der Waals surface area contributed by atoms with Crippen molar-refractivity contribution in [3.63, 3.8) is 0 Å². The molecule has 0 spiro atoms. The molecular weight excluding hydrogens is 198 g/mol. The first kappa shape index (κ1) is 12.4. The Bertz CT molecular complexity index is 191. The molecule has 0 aromatic carbocycles. The second-order valence-electron chi connectivity index (χ2n) is 5.65. The third kappa shape index (κ3) is 3.21. The van der Waals surface area contributed by atoms with Gasteiger partial charge < -0.3 is 10.1 Å². The highest BCUT2D eigenvalue weighted by Crippen LogP contribution is 2.36. The molecule has 2 heteroatoms. The molecule has 2 fully saturated rings. The summed E-state index contributed by atoms with van der Waals surface area (Å²) in [5.74, 6) is 0. The van der Waals surface area contributed by atoms with Crippen molar-refractivity contribution < 1.29 is 4.74 Å². The third-order valence-corrected chi connectivity index (χ3v) is 4.23. The molecule has 0 radical (unpaired) electrons. The number of nitrogens with one attached hydrogen (secondary N) is 1. The summed E-state index contributed by atoms with van der Waals surface area (Å²) in [4.78, 5) is 0. The molecule has 2 aliphatic carbocycles. The topological polar surface area (TPSA) is 21.3 Å². The molecule has 0 unspecified atom stereocenters. The number of likely N-dealkylation sites (N-methyl/N-ethyl adjacent to an activating group) is 1. The molecule has 2 saturated carbocycles. The van der Waals surface area contributed by atoms with Crippen molar-refractivity contribution >= 4 is 0 Å². The maximum Gasteiger partial charge on any atom is 0.0809 e. The molecule has 2 aliphatic rings. The zero-order valence-corrected chi connectivity index (χ0v) is 10.8. The fraction of sp³-hybridized carbons (Fsp3) is 1.00. The molecule has 0 bridgehead atoms. The fourth-order valence-electron chi connectivity index (χ4n) is 3.39. The molecule has 1 N–H and O–H groups in total. The summed E-state index contributed by atoms with van der Waals surface area (Å²) in [5, 5.41) is 3.33. The Kier molecular flexibility index (Phi) is 4.66. The van der Waals surface area contributed by atoms with Crippen molar-refractivity contribution in [3.05, 3.63) is 0 Å². The minimum absolute atomic E-state index is 0.184. The maximum atomic E-state index is 6.50. The van der Waals surface area contributed by atoms with Crippen LogP contribution in [0.15, 0.2) is 0 Å². The highest BCUT2D eigenvalue weighted by atomic mass is 16.5. The Morgan fingerprint density at radius 1 is 1.00 bits per heavy atom. The van der Waals surface area contributed by atoms with Gasteiger partial charge in [-0.1, -0.05) is 38.5 Å². The van der Waals surface area contributed by atoms with Gasteiger partial charge in [0, 0.05) is 6.54 Å². The molecule has 0 heterocycles. The highest BCUT2D eigenvalue weighted by molar-refractivity contribution is 4.89. The van der Waals surface area contributed by atoms with E-state index < -0.39 is 0 Å². The Morgan fingerprint density at radius 3 is 2.19 bits per heavy atom. The van der Waals surface area contributed by atoms with E-state index in [0.29, 0.717) is 6.10 Å². The second-order valence-corrected chi connectivity index (χ2v) is 5.65. The van der Waals surface area contributed by atoms with Gasteiger partial charge in [0.05, 0.1) is 11.7 Å². The van der Waals surface area contributed by atoms with E-state index in [1.54, 1.807) is 0 Å². The normalized spacial score (nSPS) is 26.8. The first-order chi connectivity index (χ1) is 7.85. The summed E-state index contributed by atoms with van der Waals surface area (Å²) < 4.78 is 6.50. The molecule has 2 nitrogen and oxygen atoms in total. The Labute approximate surface area is 100 Å². The molecule has 0 aromatic rings. The summed E-state index contributed by atoms with van der Waals surface area (Å²) >= 11 is 0. The van der Waals surface area contributed by atoms with E-state index in [-0.39, 0.29) is 5.60 Å². The van der Waals surface area contributed by atoms with Gasteiger partial charge in [-0.3, -0.25) is 0 Å². The van der Waals surface area contributed by atoms with Crippen molar-refractivity contribution in [3.8, 4) is 0 Å². The number of ether oxygens (including phenoxy) is 1. The van der Waals surface area contributed by atoms with E-state index in [1.807, 2.05) is 0 Å². The molecule has 94 valence electrons. The first-order valence-electron chi connectivity index (χ1n) is 7.17. The lowest BCUT2D eigenvalue weighted by Crippen LogP contribution is -2.42. The van der Waals surface area contributed by atoms with Crippen LogP contribution < -0.4 is 5.32 Å². The average molecular weight is 225 g/mol. The summed E-state index contributed by atoms with van der Waals surface area (Å²) in [6.45, 7) is 1.05. The van der Waals surface area contributed by atoms with Gasteiger partial charge in [0.2, 0.25) is 0 Å². The number of hydrogen-bond acceptors (Lipinski definition) is 2. The minimum Gasteiger partial charge on any atom is -0.370 e. The molecule has 0 amide bonds. The molecular formula is C14H27NO. The van der Waals surface area contributed by atoms with Gasteiger partial charge in [-0.2, -0.15) is 0 Å². The SMILES string of the molecule is CNCC1(OC2CCCCCC2)CCCC1. The zero-order chi connectivity index (χ0) is 11.3. The summed E-state index contributed by atoms with van der Waals surface area (Å²) in [5.41, 5.74) is 0.184. The minimum atomic E-state index is 0.184. The first-order valence-corrected chi connectivity index (χ1v) is 7.17. The van der Waals surface area contributed by atoms with Crippen LogP contribution in [0.2, 0.25) is 0 Å². The van der Waals surface area contributed by atoms with E-state index in [0.717, 1.165) is 6.54 Å². The van der Waals surface area contributed by atoms with Crippen LogP contribution >= 0.6 is 0 Å². The van der Waals surface area contributed by atoms with Crippen LogP contribution in [0.5, 0.6) is 0 Å². The molecule has 0 aliphatic heterocycles.